The van der Waals surface area contributed by atoms with Gasteiger partial charge < -0.3 is 5.32 Å². The van der Waals surface area contributed by atoms with Gasteiger partial charge in [-0.3, -0.25) is 4.68 Å². The van der Waals surface area contributed by atoms with Crippen LogP contribution >= 0.6 is 12.4 Å². The smallest absolute Gasteiger partial charge is 0.161 e. The molecule has 1 heterocycles. The molecule has 0 aliphatic rings. The molecule has 7 heteroatoms. The SMILES string of the molecule is CNc1cnn(Cc2cc(F)c(F)cc2F)c1.Cl. The summed E-state index contributed by atoms with van der Waals surface area (Å²) in [6, 6.07) is 1.37. The van der Waals surface area contributed by atoms with Crippen LogP contribution in [0.3, 0.4) is 0 Å². The number of halogens is 4. The van der Waals surface area contributed by atoms with E-state index >= 15 is 0 Å². The molecule has 1 N–H and O–H groups in total. The molecule has 18 heavy (non-hydrogen) atoms. The lowest BCUT2D eigenvalue weighted by molar-refractivity contribution is 0.486. The van der Waals surface area contributed by atoms with Crippen LogP contribution in [0.1, 0.15) is 5.56 Å². The van der Waals surface area contributed by atoms with E-state index in [1.165, 1.54) is 4.68 Å². The summed E-state index contributed by atoms with van der Waals surface area (Å²) >= 11 is 0. The first-order chi connectivity index (χ1) is 8.10. The molecule has 3 nitrogen and oxygen atoms in total. The molecule has 0 fully saturated rings. The highest BCUT2D eigenvalue weighted by Crippen LogP contribution is 2.15. The molecule has 1 aromatic carbocycles. The molecule has 2 aromatic rings. The fourth-order valence-electron chi connectivity index (χ4n) is 1.44. The molecule has 0 aliphatic carbocycles. The molecule has 0 radical (unpaired) electrons. The van der Waals surface area contributed by atoms with Gasteiger partial charge in [0.1, 0.15) is 5.82 Å². The average Bonchev–Trinajstić information content (AvgIpc) is 2.73. The van der Waals surface area contributed by atoms with Crippen molar-refractivity contribution in [2.75, 3.05) is 12.4 Å². The fraction of sp³-hybridized carbons (Fsp3) is 0.182. The van der Waals surface area contributed by atoms with Crippen LogP contribution < -0.4 is 5.32 Å². The number of hydrogen-bond donors (Lipinski definition) is 1. The monoisotopic (exact) mass is 277 g/mol. The van der Waals surface area contributed by atoms with Crippen molar-refractivity contribution < 1.29 is 13.2 Å². The molecule has 0 aliphatic heterocycles. The summed E-state index contributed by atoms with van der Waals surface area (Å²) in [4.78, 5) is 0. The summed E-state index contributed by atoms with van der Waals surface area (Å²) in [5.74, 6) is -3.05. The molecule has 2 rings (SSSR count). The Kier molecular flexibility index (Phi) is 4.61. The molecule has 0 amide bonds. The third kappa shape index (κ3) is 2.95. The van der Waals surface area contributed by atoms with Crippen molar-refractivity contribution in [2.45, 2.75) is 6.54 Å². The minimum atomic E-state index is -1.19. The highest BCUT2D eigenvalue weighted by Gasteiger charge is 2.10. The van der Waals surface area contributed by atoms with E-state index in [-0.39, 0.29) is 24.5 Å². The van der Waals surface area contributed by atoms with Gasteiger partial charge in [-0.05, 0) is 6.07 Å². The Bertz CT molecular complexity index is 542. The van der Waals surface area contributed by atoms with Crippen LogP contribution in [-0.2, 0) is 6.54 Å². The van der Waals surface area contributed by atoms with Gasteiger partial charge in [-0.2, -0.15) is 5.10 Å². The molecule has 0 spiro atoms. The average molecular weight is 278 g/mol. The Morgan fingerprint density at radius 2 is 1.83 bits per heavy atom. The number of rotatable bonds is 3. The highest BCUT2D eigenvalue weighted by atomic mass is 35.5. The van der Waals surface area contributed by atoms with Crippen LogP contribution in [0.25, 0.3) is 0 Å². The minimum absolute atomic E-state index is 0. The first kappa shape index (κ1) is 14.4. The Labute approximate surface area is 108 Å². The summed E-state index contributed by atoms with van der Waals surface area (Å²) in [5.41, 5.74) is 0.808. The Morgan fingerprint density at radius 1 is 1.17 bits per heavy atom. The molecule has 0 atom stereocenters. The van der Waals surface area contributed by atoms with E-state index in [0.29, 0.717) is 6.07 Å². The quantitative estimate of drug-likeness (QED) is 0.875. The van der Waals surface area contributed by atoms with Gasteiger partial charge in [0.2, 0.25) is 0 Å². The highest BCUT2D eigenvalue weighted by molar-refractivity contribution is 5.85. The molecular weight excluding hydrogens is 267 g/mol. The second-order valence-electron chi connectivity index (χ2n) is 3.53. The van der Waals surface area contributed by atoms with Gasteiger partial charge in [0.05, 0.1) is 18.4 Å². The van der Waals surface area contributed by atoms with Gasteiger partial charge >= 0.3 is 0 Å². The molecule has 98 valence electrons. The second-order valence-corrected chi connectivity index (χ2v) is 3.53. The van der Waals surface area contributed by atoms with Crippen molar-refractivity contribution in [3.8, 4) is 0 Å². The van der Waals surface area contributed by atoms with Crippen molar-refractivity contribution in [2.24, 2.45) is 0 Å². The van der Waals surface area contributed by atoms with E-state index in [0.717, 1.165) is 11.8 Å². The summed E-state index contributed by atoms with van der Waals surface area (Å²) in [6.45, 7) is 0.0463. The summed E-state index contributed by atoms with van der Waals surface area (Å²) in [5, 5.41) is 6.80. The van der Waals surface area contributed by atoms with Crippen molar-refractivity contribution >= 4 is 18.1 Å². The summed E-state index contributed by atoms with van der Waals surface area (Å²) < 4.78 is 40.4. The fourth-order valence-corrected chi connectivity index (χ4v) is 1.44. The maximum absolute atomic E-state index is 13.3. The van der Waals surface area contributed by atoms with E-state index in [4.69, 9.17) is 0 Å². The van der Waals surface area contributed by atoms with Gasteiger partial charge in [0.25, 0.3) is 0 Å². The lowest BCUT2D eigenvalue weighted by Crippen LogP contribution is -2.04. The van der Waals surface area contributed by atoms with Crippen LogP contribution in [0, 0.1) is 17.5 Å². The first-order valence-electron chi connectivity index (χ1n) is 4.94. The number of anilines is 1. The van der Waals surface area contributed by atoms with Crippen LogP contribution in [-0.4, -0.2) is 16.8 Å². The van der Waals surface area contributed by atoms with E-state index in [2.05, 4.69) is 10.4 Å². The van der Waals surface area contributed by atoms with Crippen molar-refractivity contribution in [1.82, 2.24) is 9.78 Å². The third-order valence-electron chi connectivity index (χ3n) is 2.34. The lowest BCUT2D eigenvalue weighted by atomic mass is 10.2. The van der Waals surface area contributed by atoms with Crippen molar-refractivity contribution in [1.29, 1.82) is 0 Å². The lowest BCUT2D eigenvalue weighted by Gasteiger charge is -2.04. The van der Waals surface area contributed by atoms with Crippen molar-refractivity contribution in [3.63, 3.8) is 0 Å². The molecule has 0 saturated carbocycles. The van der Waals surface area contributed by atoms with Crippen LogP contribution in [0.5, 0.6) is 0 Å². The van der Waals surface area contributed by atoms with Gasteiger partial charge in [0, 0.05) is 24.9 Å². The number of benzene rings is 1. The summed E-state index contributed by atoms with van der Waals surface area (Å²) in [6.07, 6.45) is 3.19. The van der Waals surface area contributed by atoms with Gasteiger partial charge in [-0.15, -0.1) is 12.4 Å². The zero-order chi connectivity index (χ0) is 12.4. The van der Waals surface area contributed by atoms with E-state index < -0.39 is 17.5 Å². The number of nitrogens with one attached hydrogen (secondary N) is 1. The number of hydrogen-bond acceptors (Lipinski definition) is 2. The zero-order valence-corrected chi connectivity index (χ0v) is 10.3. The number of aromatic nitrogens is 2. The Morgan fingerprint density at radius 3 is 2.44 bits per heavy atom. The van der Waals surface area contributed by atoms with Crippen molar-refractivity contribution in [3.05, 3.63) is 47.5 Å². The predicted octanol–water partition coefficient (Wildman–Crippen LogP) is 2.81. The van der Waals surface area contributed by atoms with Crippen LogP contribution in [0.4, 0.5) is 18.9 Å². The maximum Gasteiger partial charge on any atom is 0.161 e. The van der Waals surface area contributed by atoms with E-state index in [1.54, 1.807) is 19.4 Å². The zero-order valence-electron chi connectivity index (χ0n) is 9.45. The van der Waals surface area contributed by atoms with E-state index in [9.17, 15) is 13.2 Å². The number of nitrogens with zero attached hydrogens (tertiary/aromatic N) is 2. The third-order valence-corrected chi connectivity index (χ3v) is 2.34. The molecule has 0 bridgehead atoms. The molecule has 0 saturated heterocycles. The summed E-state index contributed by atoms with van der Waals surface area (Å²) in [7, 11) is 1.72. The standard InChI is InChI=1S/C11H10F3N3.ClH/c1-15-8-4-16-17(6-8)5-7-2-10(13)11(14)3-9(7)12;/h2-4,6,15H,5H2,1H3;1H. The molecule has 1 aromatic heterocycles. The van der Waals surface area contributed by atoms with Gasteiger partial charge in [0.15, 0.2) is 11.6 Å². The topological polar surface area (TPSA) is 29.9 Å². The maximum atomic E-state index is 13.3. The van der Waals surface area contributed by atoms with Gasteiger partial charge in [-0.1, -0.05) is 0 Å². The van der Waals surface area contributed by atoms with Crippen LogP contribution in [0.2, 0.25) is 0 Å². The van der Waals surface area contributed by atoms with Gasteiger partial charge in [-0.25, -0.2) is 13.2 Å². The first-order valence-corrected chi connectivity index (χ1v) is 4.94. The predicted molar refractivity (Wildman–Crippen MR) is 64.4 cm³/mol. The Balaban J connectivity index is 0.00000162. The minimum Gasteiger partial charge on any atom is -0.386 e. The largest absolute Gasteiger partial charge is 0.386 e. The Hall–Kier alpha value is -1.69. The van der Waals surface area contributed by atoms with E-state index in [1.807, 2.05) is 0 Å². The molecule has 0 unspecified atom stereocenters. The second kappa shape index (κ2) is 5.77. The normalized spacial score (nSPS) is 10.0. The molecular formula is C11H11ClF3N3. The van der Waals surface area contributed by atoms with Crippen LogP contribution in [0.15, 0.2) is 24.5 Å².